The number of benzene rings is 2. The Labute approximate surface area is 126 Å². The Balaban J connectivity index is 2.22. The molecule has 5 nitrogen and oxygen atoms in total. The molecular weight excluding hydrogens is 350 g/mol. The molecule has 0 heterocycles. The minimum absolute atomic E-state index is 0.0312. The summed E-state index contributed by atoms with van der Waals surface area (Å²) < 4.78 is 26.9. The van der Waals surface area contributed by atoms with Crippen LogP contribution in [0.1, 0.15) is 5.56 Å². The van der Waals surface area contributed by atoms with Gasteiger partial charge in [-0.05, 0) is 29.8 Å². The molecule has 0 unspecified atom stereocenters. The lowest BCUT2D eigenvalue weighted by Crippen LogP contribution is -2.03. The van der Waals surface area contributed by atoms with Gasteiger partial charge in [0, 0.05) is 17.1 Å². The number of aromatic hydroxyl groups is 1. The zero-order valence-corrected chi connectivity index (χ0v) is 12.0. The van der Waals surface area contributed by atoms with Crippen LogP contribution in [0.15, 0.2) is 34.8 Å². The van der Waals surface area contributed by atoms with Crippen LogP contribution in [0.5, 0.6) is 5.75 Å². The summed E-state index contributed by atoms with van der Waals surface area (Å²) in [5.41, 5.74) is 0.265. The van der Waals surface area contributed by atoms with Crippen molar-refractivity contribution in [1.82, 2.24) is 0 Å². The van der Waals surface area contributed by atoms with Crippen LogP contribution < -0.4 is 5.32 Å². The molecule has 0 radical (unpaired) electrons. The Morgan fingerprint density at radius 3 is 2.43 bits per heavy atom. The summed E-state index contributed by atoms with van der Waals surface area (Å²) in [5.74, 6) is -3.22. The van der Waals surface area contributed by atoms with Crippen molar-refractivity contribution in [1.29, 1.82) is 0 Å². The lowest BCUT2D eigenvalue weighted by atomic mass is 10.2. The topological polar surface area (TPSA) is 75.4 Å². The van der Waals surface area contributed by atoms with Crippen LogP contribution in [0, 0.1) is 21.7 Å². The lowest BCUT2D eigenvalue weighted by molar-refractivity contribution is -0.384. The van der Waals surface area contributed by atoms with Crippen LogP contribution >= 0.6 is 15.9 Å². The number of phenols is 1. The summed E-state index contributed by atoms with van der Waals surface area (Å²) in [6, 6.07) is 6.31. The third-order valence-electron chi connectivity index (χ3n) is 2.72. The first-order valence-electron chi connectivity index (χ1n) is 5.73. The standard InChI is InChI=1S/C13H9BrF2N2O3/c14-8-1-2-11(12(5-8)18(20)21)17-6-7-3-9(15)13(19)10(16)4-7/h1-5,17,19H,6H2. The van der Waals surface area contributed by atoms with E-state index in [0.717, 1.165) is 12.1 Å². The molecule has 0 atom stereocenters. The minimum Gasteiger partial charge on any atom is -0.503 e. The van der Waals surface area contributed by atoms with Gasteiger partial charge in [0.05, 0.1) is 4.92 Å². The fourth-order valence-electron chi connectivity index (χ4n) is 1.72. The molecular formula is C13H9BrF2N2O3. The molecule has 2 rings (SSSR count). The normalized spacial score (nSPS) is 10.4. The van der Waals surface area contributed by atoms with Gasteiger partial charge in [-0.25, -0.2) is 8.78 Å². The van der Waals surface area contributed by atoms with Crippen molar-refractivity contribution in [2.45, 2.75) is 6.54 Å². The van der Waals surface area contributed by atoms with Crippen molar-refractivity contribution < 1.29 is 18.8 Å². The van der Waals surface area contributed by atoms with Crippen molar-refractivity contribution >= 4 is 27.3 Å². The number of nitro benzene ring substituents is 1. The average molecular weight is 359 g/mol. The van der Waals surface area contributed by atoms with E-state index in [2.05, 4.69) is 21.2 Å². The first-order chi connectivity index (χ1) is 9.88. The quantitative estimate of drug-likeness (QED) is 0.640. The molecule has 0 aliphatic rings. The second-order valence-corrected chi connectivity index (χ2v) is 5.10. The molecule has 0 aromatic heterocycles. The second kappa shape index (κ2) is 6.04. The number of anilines is 1. The smallest absolute Gasteiger partial charge is 0.293 e. The van der Waals surface area contributed by atoms with Crippen LogP contribution in [0.2, 0.25) is 0 Å². The van der Waals surface area contributed by atoms with Crippen molar-refractivity contribution in [2.24, 2.45) is 0 Å². The first-order valence-corrected chi connectivity index (χ1v) is 6.52. The Morgan fingerprint density at radius 2 is 1.86 bits per heavy atom. The first kappa shape index (κ1) is 15.2. The van der Waals surface area contributed by atoms with Gasteiger partial charge in [-0.2, -0.15) is 0 Å². The monoisotopic (exact) mass is 358 g/mol. The maximum absolute atomic E-state index is 13.2. The summed E-state index contributed by atoms with van der Waals surface area (Å²) in [6.45, 7) is -0.0312. The number of hydrogen-bond acceptors (Lipinski definition) is 4. The Bertz CT molecular complexity index is 687. The van der Waals surface area contributed by atoms with Gasteiger partial charge in [0.1, 0.15) is 5.69 Å². The van der Waals surface area contributed by atoms with Gasteiger partial charge in [-0.1, -0.05) is 15.9 Å². The SMILES string of the molecule is O=[N+]([O-])c1cc(Br)ccc1NCc1cc(F)c(O)c(F)c1. The van der Waals surface area contributed by atoms with Crippen LogP contribution in [-0.2, 0) is 6.54 Å². The number of rotatable bonds is 4. The van der Waals surface area contributed by atoms with E-state index in [1.165, 1.54) is 12.1 Å². The molecule has 0 saturated heterocycles. The Morgan fingerprint density at radius 1 is 1.24 bits per heavy atom. The van der Waals surface area contributed by atoms with E-state index in [-0.39, 0.29) is 23.5 Å². The second-order valence-electron chi connectivity index (χ2n) is 4.18. The highest BCUT2D eigenvalue weighted by Gasteiger charge is 2.15. The van der Waals surface area contributed by atoms with E-state index in [1.807, 2.05) is 0 Å². The van der Waals surface area contributed by atoms with Gasteiger partial charge >= 0.3 is 0 Å². The maximum Gasteiger partial charge on any atom is 0.293 e. The fourth-order valence-corrected chi connectivity index (χ4v) is 2.07. The molecule has 0 spiro atoms. The molecule has 8 heteroatoms. The van der Waals surface area contributed by atoms with Crippen molar-refractivity contribution in [3.63, 3.8) is 0 Å². The van der Waals surface area contributed by atoms with Gasteiger partial charge < -0.3 is 10.4 Å². The molecule has 2 aromatic rings. The molecule has 0 aliphatic carbocycles. The molecule has 2 aromatic carbocycles. The highest BCUT2D eigenvalue weighted by atomic mass is 79.9. The summed E-state index contributed by atoms with van der Waals surface area (Å²) >= 11 is 3.13. The van der Waals surface area contributed by atoms with Crippen molar-refractivity contribution in [2.75, 3.05) is 5.32 Å². The third kappa shape index (κ3) is 3.46. The largest absolute Gasteiger partial charge is 0.503 e. The zero-order valence-electron chi connectivity index (χ0n) is 10.4. The molecule has 0 amide bonds. The van der Waals surface area contributed by atoms with E-state index in [9.17, 15) is 18.9 Å². The summed E-state index contributed by atoms with van der Waals surface area (Å²) in [6.07, 6.45) is 0. The van der Waals surface area contributed by atoms with E-state index in [1.54, 1.807) is 6.07 Å². The number of phenolic OH excluding ortho intramolecular Hbond substituents is 1. The Hall–Kier alpha value is -2.22. The summed E-state index contributed by atoms with van der Waals surface area (Å²) in [5, 5.41) is 22.7. The highest BCUT2D eigenvalue weighted by Crippen LogP contribution is 2.29. The predicted octanol–water partition coefficient (Wildman–Crippen LogP) is 3.95. The molecule has 21 heavy (non-hydrogen) atoms. The molecule has 0 fully saturated rings. The van der Waals surface area contributed by atoms with Gasteiger partial charge in [-0.3, -0.25) is 10.1 Å². The number of nitrogens with one attached hydrogen (secondary N) is 1. The number of halogens is 3. The van der Waals surface area contributed by atoms with Gasteiger partial charge in [0.25, 0.3) is 5.69 Å². The van der Waals surface area contributed by atoms with Crippen LogP contribution in [0.4, 0.5) is 20.2 Å². The van der Waals surface area contributed by atoms with Crippen molar-refractivity contribution in [3.05, 3.63) is 62.1 Å². The zero-order chi connectivity index (χ0) is 15.6. The number of nitrogens with zero attached hydrogens (tertiary/aromatic N) is 1. The highest BCUT2D eigenvalue weighted by molar-refractivity contribution is 9.10. The molecule has 0 saturated carbocycles. The van der Waals surface area contributed by atoms with Gasteiger partial charge in [0.2, 0.25) is 0 Å². The molecule has 110 valence electrons. The fraction of sp³-hybridized carbons (Fsp3) is 0.0769. The minimum atomic E-state index is -1.09. The van der Waals surface area contributed by atoms with Crippen LogP contribution in [-0.4, -0.2) is 10.0 Å². The summed E-state index contributed by atoms with van der Waals surface area (Å²) in [7, 11) is 0. The van der Waals surface area contributed by atoms with Gasteiger partial charge in [-0.15, -0.1) is 0 Å². The van der Waals surface area contributed by atoms with E-state index < -0.39 is 22.3 Å². The third-order valence-corrected chi connectivity index (χ3v) is 3.21. The van der Waals surface area contributed by atoms with Gasteiger partial charge in [0.15, 0.2) is 17.4 Å². The molecule has 0 bridgehead atoms. The number of nitro groups is 1. The van der Waals surface area contributed by atoms with E-state index in [0.29, 0.717) is 4.47 Å². The average Bonchev–Trinajstić information content (AvgIpc) is 2.43. The molecule has 0 aliphatic heterocycles. The predicted molar refractivity (Wildman–Crippen MR) is 76.1 cm³/mol. The van der Waals surface area contributed by atoms with Crippen molar-refractivity contribution in [3.8, 4) is 5.75 Å². The maximum atomic E-state index is 13.2. The van der Waals surface area contributed by atoms with E-state index >= 15 is 0 Å². The Kier molecular flexibility index (Phi) is 4.37. The van der Waals surface area contributed by atoms with E-state index in [4.69, 9.17) is 5.11 Å². The number of hydrogen-bond donors (Lipinski definition) is 2. The lowest BCUT2D eigenvalue weighted by Gasteiger charge is -2.08. The summed E-state index contributed by atoms with van der Waals surface area (Å²) in [4.78, 5) is 10.4. The van der Waals surface area contributed by atoms with Crippen LogP contribution in [0.3, 0.4) is 0 Å². The molecule has 2 N–H and O–H groups in total. The van der Waals surface area contributed by atoms with Crippen LogP contribution in [0.25, 0.3) is 0 Å².